The van der Waals surface area contributed by atoms with Crippen LogP contribution in [0.3, 0.4) is 0 Å². The average Bonchev–Trinajstić information content (AvgIpc) is 2.33. The molecular weight excluding hydrogens is 344 g/mol. The fourth-order valence-corrected chi connectivity index (χ4v) is 2.20. The smallest absolute Gasteiger partial charge is 0.355 e. The van der Waals surface area contributed by atoms with Crippen LogP contribution >= 0.6 is 27.5 Å². The largest absolute Gasteiger partial charge is 0.419 e. The molecule has 1 heterocycles. The quantitative estimate of drug-likeness (QED) is 0.684. The molecule has 0 N–H and O–H groups in total. The summed E-state index contributed by atoms with van der Waals surface area (Å²) in [6.07, 6.45) is -1.36. The molecule has 0 radical (unpaired) electrons. The molecule has 0 amide bonds. The van der Waals surface area contributed by atoms with Crippen LogP contribution in [0.4, 0.5) is 19.0 Å². The van der Waals surface area contributed by atoms with Gasteiger partial charge in [0.1, 0.15) is 5.82 Å². The Morgan fingerprint density at radius 2 is 2.05 bits per heavy atom. The van der Waals surface area contributed by atoms with Crippen molar-refractivity contribution in [1.82, 2.24) is 4.98 Å². The molecule has 0 aliphatic rings. The van der Waals surface area contributed by atoms with E-state index in [9.17, 15) is 13.2 Å². The summed E-state index contributed by atoms with van der Waals surface area (Å²) in [5.74, 6) is 0.212. The highest BCUT2D eigenvalue weighted by molar-refractivity contribution is 9.10. The van der Waals surface area contributed by atoms with Crippen molar-refractivity contribution in [2.45, 2.75) is 25.9 Å². The van der Waals surface area contributed by atoms with Gasteiger partial charge in [-0.2, -0.15) is 13.2 Å². The first-order valence-corrected chi connectivity index (χ1v) is 7.26. The second kappa shape index (κ2) is 7.33. The Morgan fingerprint density at radius 1 is 1.37 bits per heavy atom. The lowest BCUT2D eigenvalue weighted by molar-refractivity contribution is -0.137. The molecule has 108 valence electrons. The number of halogens is 5. The van der Waals surface area contributed by atoms with Crippen molar-refractivity contribution in [3.63, 3.8) is 0 Å². The van der Waals surface area contributed by atoms with Crippen LogP contribution in [-0.4, -0.2) is 24.0 Å². The summed E-state index contributed by atoms with van der Waals surface area (Å²) < 4.78 is 39.4. The first-order chi connectivity index (χ1) is 8.90. The molecular formula is C12H15BrClF3N2. The average molecular weight is 360 g/mol. The van der Waals surface area contributed by atoms with Crippen molar-refractivity contribution in [3.8, 4) is 0 Å². The van der Waals surface area contributed by atoms with Gasteiger partial charge in [0.05, 0.1) is 5.56 Å². The molecule has 1 rings (SSSR count). The Labute approximate surface area is 124 Å². The van der Waals surface area contributed by atoms with E-state index in [0.717, 1.165) is 18.9 Å². The molecule has 7 heteroatoms. The predicted molar refractivity (Wildman–Crippen MR) is 74.8 cm³/mol. The minimum Gasteiger partial charge on any atom is -0.355 e. The first kappa shape index (κ1) is 16.6. The molecule has 0 fully saturated rings. The van der Waals surface area contributed by atoms with Gasteiger partial charge in [0, 0.05) is 29.6 Å². The minimum atomic E-state index is -4.43. The normalized spacial score (nSPS) is 11.7. The van der Waals surface area contributed by atoms with Crippen LogP contribution in [0.5, 0.6) is 0 Å². The summed E-state index contributed by atoms with van der Waals surface area (Å²) in [4.78, 5) is 5.51. The van der Waals surface area contributed by atoms with Gasteiger partial charge in [-0.25, -0.2) is 4.98 Å². The van der Waals surface area contributed by atoms with E-state index >= 15 is 0 Å². The molecule has 0 atom stereocenters. The monoisotopic (exact) mass is 358 g/mol. The molecule has 0 saturated heterocycles. The van der Waals surface area contributed by atoms with Gasteiger partial charge in [0.25, 0.3) is 0 Å². The number of rotatable bonds is 6. The molecule has 0 saturated carbocycles. The lowest BCUT2D eigenvalue weighted by Gasteiger charge is -2.25. The Kier molecular flexibility index (Phi) is 6.39. The fourth-order valence-electron chi connectivity index (χ4n) is 1.67. The molecule has 0 aromatic carbocycles. The summed E-state index contributed by atoms with van der Waals surface area (Å²) in [6.45, 7) is 2.85. The van der Waals surface area contributed by atoms with E-state index in [1.54, 1.807) is 4.90 Å². The summed E-state index contributed by atoms with van der Waals surface area (Å²) in [5.41, 5.74) is -0.733. The topological polar surface area (TPSA) is 16.1 Å². The van der Waals surface area contributed by atoms with Crippen molar-refractivity contribution in [1.29, 1.82) is 0 Å². The fraction of sp³-hybridized carbons (Fsp3) is 0.583. The highest BCUT2D eigenvalue weighted by Gasteiger charge is 2.36. The SMILES string of the molecule is CCCCN(CCCl)c1ncc(Br)cc1C(F)(F)F. The second-order valence-electron chi connectivity index (χ2n) is 4.05. The molecule has 0 aliphatic carbocycles. The van der Waals surface area contributed by atoms with Crippen LogP contribution in [0.15, 0.2) is 16.7 Å². The van der Waals surface area contributed by atoms with Crippen LogP contribution in [0.2, 0.25) is 0 Å². The number of alkyl halides is 4. The van der Waals surface area contributed by atoms with E-state index in [4.69, 9.17) is 11.6 Å². The second-order valence-corrected chi connectivity index (χ2v) is 5.35. The molecule has 0 aliphatic heterocycles. The zero-order chi connectivity index (χ0) is 14.5. The van der Waals surface area contributed by atoms with E-state index in [0.29, 0.717) is 17.6 Å². The number of anilines is 1. The third kappa shape index (κ3) is 4.84. The molecule has 1 aromatic rings. The van der Waals surface area contributed by atoms with Crippen molar-refractivity contribution in [2.75, 3.05) is 23.9 Å². The molecule has 0 spiro atoms. The van der Waals surface area contributed by atoms with Crippen LogP contribution in [-0.2, 0) is 6.18 Å². The van der Waals surface area contributed by atoms with Gasteiger partial charge in [-0.15, -0.1) is 11.6 Å². The Balaban J connectivity index is 3.14. The number of hydrogen-bond donors (Lipinski definition) is 0. The third-order valence-corrected chi connectivity index (χ3v) is 3.18. The number of nitrogens with zero attached hydrogens (tertiary/aromatic N) is 2. The Hall–Kier alpha value is -0.490. The van der Waals surface area contributed by atoms with Gasteiger partial charge in [-0.3, -0.25) is 0 Å². The number of hydrogen-bond acceptors (Lipinski definition) is 2. The van der Waals surface area contributed by atoms with Gasteiger partial charge < -0.3 is 4.90 Å². The van der Waals surface area contributed by atoms with Crippen LogP contribution in [0.1, 0.15) is 25.3 Å². The van der Waals surface area contributed by atoms with Crippen LogP contribution in [0, 0.1) is 0 Å². The van der Waals surface area contributed by atoms with Gasteiger partial charge >= 0.3 is 6.18 Å². The van der Waals surface area contributed by atoms with E-state index in [1.165, 1.54) is 6.20 Å². The van der Waals surface area contributed by atoms with Gasteiger partial charge in [0.15, 0.2) is 0 Å². The standard InChI is InChI=1S/C12H15BrClF3N2/c1-2-3-5-19(6-4-14)11-10(12(15,16)17)7-9(13)8-18-11/h7-8H,2-6H2,1H3. The number of unbranched alkanes of at least 4 members (excludes halogenated alkanes) is 1. The molecule has 19 heavy (non-hydrogen) atoms. The highest BCUT2D eigenvalue weighted by atomic mass is 79.9. The van der Waals surface area contributed by atoms with Crippen molar-refractivity contribution in [2.24, 2.45) is 0 Å². The Bertz CT molecular complexity index is 412. The maximum Gasteiger partial charge on any atom is 0.419 e. The third-order valence-electron chi connectivity index (χ3n) is 2.57. The van der Waals surface area contributed by atoms with Crippen LogP contribution < -0.4 is 4.90 Å². The summed E-state index contributed by atoms with van der Waals surface area (Å²) in [6, 6.07) is 1.05. The van der Waals surface area contributed by atoms with Crippen LogP contribution in [0.25, 0.3) is 0 Å². The van der Waals surface area contributed by atoms with Gasteiger partial charge in [-0.05, 0) is 28.4 Å². The summed E-state index contributed by atoms with van der Waals surface area (Å²) in [7, 11) is 0. The predicted octanol–water partition coefficient (Wildman–Crippen LogP) is 4.71. The van der Waals surface area contributed by atoms with E-state index in [2.05, 4.69) is 20.9 Å². The molecule has 2 nitrogen and oxygen atoms in total. The molecule has 0 unspecified atom stereocenters. The number of aromatic nitrogens is 1. The highest BCUT2D eigenvalue weighted by Crippen LogP contribution is 2.36. The molecule has 1 aromatic heterocycles. The van der Waals surface area contributed by atoms with Crippen molar-refractivity contribution < 1.29 is 13.2 Å². The lowest BCUT2D eigenvalue weighted by atomic mass is 10.2. The van der Waals surface area contributed by atoms with E-state index in [-0.39, 0.29) is 11.7 Å². The van der Waals surface area contributed by atoms with E-state index < -0.39 is 11.7 Å². The van der Waals surface area contributed by atoms with E-state index in [1.807, 2.05) is 6.92 Å². The first-order valence-electron chi connectivity index (χ1n) is 5.93. The Morgan fingerprint density at radius 3 is 2.58 bits per heavy atom. The summed E-state index contributed by atoms with van der Waals surface area (Å²) in [5, 5.41) is 0. The van der Waals surface area contributed by atoms with Gasteiger partial charge in [-0.1, -0.05) is 13.3 Å². The lowest BCUT2D eigenvalue weighted by Crippen LogP contribution is -2.30. The molecule has 0 bridgehead atoms. The zero-order valence-corrected chi connectivity index (χ0v) is 12.8. The maximum absolute atomic E-state index is 13.0. The zero-order valence-electron chi connectivity index (χ0n) is 10.5. The van der Waals surface area contributed by atoms with Gasteiger partial charge in [0.2, 0.25) is 0 Å². The number of pyridine rings is 1. The summed E-state index contributed by atoms with van der Waals surface area (Å²) >= 11 is 8.69. The van der Waals surface area contributed by atoms with Crippen molar-refractivity contribution in [3.05, 3.63) is 22.3 Å². The minimum absolute atomic E-state index is 0.0511. The maximum atomic E-state index is 13.0. The van der Waals surface area contributed by atoms with Crippen molar-refractivity contribution >= 4 is 33.3 Å².